The monoisotopic (exact) mass is 1120 g/mol. The minimum atomic E-state index is -2.03. The number of hydrogen-bond donors (Lipinski definition) is 5. The van der Waals surface area contributed by atoms with E-state index in [1.165, 1.54) is 65.4 Å². The first kappa shape index (κ1) is 57.0. The second kappa shape index (κ2) is 22.6. The number of nitrogens with zero attached hydrogens (tertiary/aromatic N) is 2. The molecule has 4 bridgehead atoms. The van der Waals surface area contributed by atoms with Gasteiger partial charge in [-0.05, 0) is 42.2 Å². The van der Waals surface area contributed by atoms with E-state index in [1.807, 2.05) is 24.3 Å². The van der Waals surface area contributed by atoms with E-state index in [0.29, 0.717) is 25.9 Å². The van der Waals surface area contributed by atoms with Gasteiger partial charge in [0.05, 0.1) is 35.2 Å². The van der Waals surface area contributed by atoms with Gasteiger partial charge in [-0.1, -0.05) is 94.5 Å². The van der Waals surface area contributed by atoms with Crippen LogP contribution in [0.25, 0.3) is 49.9 Å². The number of ether oxygens (including phenoxy) is 6. The van der Waals surface area contributed by atoms with E-state index in [-0.39, 0.29) is 73.4 Å². The van der Waals surface area contributed by atoms with E-state index < -0.39 is 106 Å². The summed E-state index contributed by atoms with van der Waals surface area (Å²) in [6.07, 6.45) is 3.28. The van der Waals surface area contributed by atoms with E-state index in [0.717, 1.165) is 22.3 Å². The maximum Gasteiger partial charge on any atom is 0.409 e. The first-order valence-electron chi connectivity index (χ1n) is 27.5. The van der Waals surface area contributed by atoms with Gasteiger partial charge in [0.1, 0.15) is 47.3 Å². The molecular weight excluding hydrogens is 1050 g/mol. The molecule has 0 saturated carbocycles. The Morgan fingerprint density at radius 1 is 0.866 bits per heavy atom. The molecule has 3 aliphatic heterocycles. The van der Waals surface area contributed by atoms with Crippen LogP contribution in [0.15, 0.2) is 111 Å². The Bertz CT molecular complexity index is 3780. The summed E-state index contributed by atoms with van der Waals surface area (Å²) < 4.78 is 42.9. The molecule has 19 heteroatoms. The lowest BCUT2D eigenvalue weighted by Gasteiger charge is -2.38. The average Bonchev–Trinajstić information content (AvgIpc) is 2.32. The lowest BCUT2D eigenvalue weighted by atomic mass is 9.78. The molecule has 0 radical (unpaired) electrons. The molecular formula is C63H67N3O16. The smallest absolute Gasteiger partial charge is 0.409 e. The van der Waals surface area contributed by atoms with Crippen molar-refractivity contribution >= 4 is 62.4 Å². The number of aromatic nitrogens is 1. The van der Waals surface area contributed by atoms with Gasteiger partial charge >= 0.3 is 17.8 Å². The number of likely N-dealkylation sites (tertiary alicyclic amines) is 1. The fourth-order valence-electron chi connectivity index (χ4n) is 12.0. The zero-order chi connectivity index (χ0) is 58.6. The molecule has 1 fully saturated rings. The number of allylic oxidation sites excluding steroid dienone is 2. The number of piperidine rings is 1. The summed E-state index contributed by atoms with van der Waals surface area (Å²) in [6.45, 7) is 13.3. The van der Waals surface area contributed by atoms with Gasteiger partial charge in [0.2, 0.25) is 10.9 Å². The van der Waals surface area contributed by atoms with Crippen LogP contribution in [0.4, 0.5) is 10.5 Å². The topological polar surface area (TPSA) is 263 Å². The molecule has 9 atom stereocenters. The number of aliphatic hydroxyl groups is 3. The highest BCUT2D eigenvalue weighted by atomic mass is 16.7. The Labute approximate surface area is 472 Å². The number of esters is 1. The summed E-state index contributed by atoms with van der Waals surface area (Å²) in [7, 11) is 1.43. The SMILES string of the molecule is CO[C@H]1/C=C/O[C@@]2(C)Oc3c(C)c(O)c4c(=O)c(c5oc6cc(OC7CCN(C(=O)OCC8c9ccccc9-c9ccccc98)CC7)cc(=O)c6nc5c4c3=C2O)NC(=O)/C(C)=C\C=C\[C@H](C)[C@H](O)[C@@H](C)[C@@H](O)[C@@H](C)[C@H](OC(C)=O)[C@@H]1C. The van der Waals surface area contributed by atoms with Crippen molar-refractivity contribution in [2.45, 2.75) is 110 Å². The summed E-state index contributed by atoms with van der Waals surface area (Å²) in [6, 6.07) is 18.9. The molecule has 0 unspecified atom stereocenters. The summed E-state index contributed by atoms with van der Waals surface area (Å²) in [5, 5.41) is 49.4. The zero-order valence-corrected chi connectivity index (χ0v) is 47.1. The number of fused-ring (bicyclic) bond motifs is 5. The number of carbonyl (C=O) groups excluding carboxylic acids is 3. The van der Waals surface area contributed by atoms with Crippen LogP contribution < -0.4 is 30.9 Å². The summed E-state index contributed by atoms with van der Waals surface area (Å²) in [4.78, 5) is 75.8. The summed E-state index contributed by atoms with van der Waals surface area (Å²) >= 11 is 0. The van der Waals surface area contributed by atoms with Crippen LogP contribution >= 0.6 is 0 Å². The van der Waals surface area contributed by atoms with Crippen molar-refractivity contribution in [1.82, 2.24) is 9.88 Å². The number of phenolic OH excluding ortho intramolecular Hbond substituents is 1. The summed E-state index contributed by atoms with van der Waals surface area (Å²) in [5.41, 5.74) is 1.68. The highest BCUT2D eigenvalue weighted by Crippen LogP contribution is 2.46. The Kier molecular flexibility index (Phi) is 15.7. The van der Waals surface area contributed by atoms with E-state index in [1.54, 1.807) is 44.7 Å². The van der Waals surface area contributed by atoms with Gasteiger partial charge < -0.3 is 63.5 Å². The maximum absolute atomic E-state index is 15.0. The molecule has 1 saturated heterocycles. The number of benzene rings is 5. The predicted molar refractivity (Wildman–Crippen MR) is 305 cm³/mol. The molecule has 2 amide bonds. The molecule has 0 spiro atoms. The number of aliphatic hydroxyl groups excluding tert-OH is 3. The molecule has 82 heavy (non-hydrogen) atoms. The van der Waals surface area contributed by atoms with Gasteiger partial charge in [-0.15, -0.1) is 0 Å². The molecule has 430 valence electrons. The lowest BCUT2D eigenvalue weighted by molar-refractivity contribution is -0.160. The number of rotatable bonds is 6. The Morgan fingerprint density at radius 3 is 2.20 bits per heavy atom. The van der Waals surface area contributed by atoms with Crippen molar-refractivity contribution in [2.24, 2.45) is 23.7 Å². The number of methoxy groups -OCH3 is 1. The van der Waals surface area contributed by atoms with E-state index >= 15 is 4.79 Å². The lowest BCUT2D eigenvalue weighted by Crippen LogP contribution is -2.46. The number of phenols is 1. The fraction of sp³-hybridized carbons (Fsp3) is 0.397. The van der Waals surface area contributed by atoms with Crippen LogP contribution in [0.1, 0.15) is 83.9 Å². The standard InChI is InChI=1S/C63H67N3O16/c1-30-15-14-16-31(2)61(74)65-52-56(72)48-47(49-58(35(6)55(48)71)82-63(8,60(49)73)78-26-23-45(76-9)32(3)57(79-36(7)67)34(5)54(70)33(4)53(30)69)51-59(52)81-46-28-38(27-44(68)50(46)64-51)80-37-21-24-66(25-22-37)62(75)77-29-43-41-19-12-10-17-39(41)40-18-11-13-20-42(40)43/h10-20,23,26-28,30,32-34,37,43,45,53-54,57,69-71,73H,21-22,24-25,29H2,1-9H3,(H,65,74)/b15-14+,26-23+,31-16-/t30-,32+,33+,34+,45-,53-,54+,57+,63-/m0/s1. The van der Waals surface area contributed by atoms with Crippen LogP contribution in [0.2, 0.25) is 0 Å². The molecule has 19 nitrogen and oxygen atoms in total. The molecule has 5 N–H and O–H groups in total. The van der Waals surface area contributed by atoms with E-state index in [2.05, 4.69) is 29.6 Å². The highest BCUT2D eigenvalue weighted by molar-refractivity contribution is 6.17. The Hall–Kier alpha value is -8.26. The number of amides is 2. The minimum Gasteiger partial charge on any atom is -0.507 e. The van der Waals surface area contributed by atoms with Crippen LogP contribution in [0, 0.1) is 30.6 Å². The van der Waals surface area contributed by atoms with Crippen LogP contribution in [-0.4, -0.2) is 111 Å². The predicted octanol–water partition coefficient (Wildman–Crippen LogP) is 8.35. The number of hydrogen-bond acceptors (Lipinski definition) is 17. The van der Waals surface area contributed by atoms with Gasteiger partial charge in [0.15, 0.2) is 22.4 Å². The Morgan fingerprint density at radius 2 is 1.54 bits per heavy atom. The largest absolute Gasteiger partial charge is 0.507 e. The summed E-state index contributed by atoms with van der Waals surface area (Å²) in [5.74, 6) is -7.28. The fourth-order valence-corrected chi connectivity index (χ4v) is 12.0. The number of anilines is 1. The van der Waals surface area contributed by atoms with Crippen molar-refractivity contribution < 1.29 is 67.6 Å². The normalized spacial score (nSPS) is 26.8. The third-order valence-corrected chi connectivity index (χ3v) is 16.7. The molecule has 1 aromatic heterocycles. The van der Waals surface area contributed by atoms with Crippen LogP contribution in [0.5, 0.6) is 17.2 Å². The number of nitrogens with one attached hydrogen (secondary N) is 1. The van der Waals surface area contributed by atoms with Crippen LogP contribution in [-0.2, 0) is 28.5 Å². The molecule has 5 aromatic carbocycles. The molecule has 10 rings (SSSR count). The average molecular weight is 1120 g/mol. The Balaban J connectivity index is 1.01. The highest BCUT2D eigenvalue weighted by Gasteiger charge is 2.44. The van der Waals surface area contributed by atoms with Crippen molar-refractivity contribution in [3.05, 3.63) is 139 Å². The zero-order valence-electron chi connectivity index (χ0n) is 47.1. The van der Waals surface area contributed by atoms with E-state index in [9.17, 15) is 39.6 Å². The number of carbonyl (C=O) groups is 3. The maximum atomic E-state index is 15.0. The quantitative estimate of drug-likeness (QED) is 0.0596. The molecule has 4 aliphatic rings. The molecule has 1 aliphatic carbocycles. The molecule has 6 aromatic rings. The van der Waals surface area contributed by atoms with Crippen molar-refractivity contribution in [3.8, 4) is 28.4 Å². The van der Waals surface area contributed by atoms with Gasteiger partial charge in [0, 0.05) is 105 Å². The van der Waals surface area contributed by atoms with Gasteiger partial charge in [-0.3, -0.25) is 19.2 Å². The van der Waals surface area contributed by atoms with Crippen LogP contribution in [0.3, 0.4) is 0 Å². The first-order valence-corrected chi connectivity index (χ1v) is 27.5. The van der Waals surface area contributed by atoms with Gasteiger partial charge in [-0.25, -0.2) is 9.78 Å². The van der Waals surface area contributed by atoms with E-state index in [4.69, 9.17) is 37.8 Å². The molecule has 4 heterocycles. The second-order valence-electron chi connectivity index (χ2n) is 22.1. The minimum absolute atomic E-state index is 0.0182. The van der Waals surface area contributed by atoms with Crippen molar-refractivity contribution in [3.63, 3.8) is 0 Å². The first-order chi connectivity index (χ1) is 39.1. The second-order valence-corrected chi connectivity index (χ2v) is 22.1. The van der Waals surface area contributed by atoms with Crippen molar-refractivity contribution in [2.75, 3.05) is 32.1 Å². The third kappa shape index (κ3) is 10.3. The number of aromatic hydroxyl groups is 1. The van der Waals surface area contributed by atoms with Crippen molar-refractivity contribution in [1.29, 1.82) is 0 Å². The third-order valence-electron chi connectivity index (χ3n) is 16.7. The van der Waals surface area contributed by atoms with Gasteiger partial charge in [0.25, 0.3) is 5.91 Å². The van der Waals surface area contributed by atoms with Gasteiger partial charge in [-0.2, -0.15) is 0 Å².